The monoisotopic (exact) mass is 854 g/mol. The van der Waals surface area contributed by atoms with Crippen molar-refractivity contribution in [3.8, 4) is 11.5 Å². The van der Waals surface area contributed by atoms with Gasteiger partial charge in [0.2, 0.25) is 0 Å². The Kier molecular flexibility index (Phi) is 28.7. The van der Waals surface area contributed by atoms with Crippen LogP contribution < -0.4 is 0 Å². The molecule has 1 radical (unpaired) electrons. The van der Waals surface area contributed by atoms with Crippen molar-refractivity contribution in [2.45, 2.75) is 196 Å². The summed E-state index contributed by atoms with van der Waals surface area (Å²) in [6.45, 7) is 23.1. The molecule has 0 aromatic heterocycles. The third kappa shape index (κ3) is 19.5. The predicted molar refractivity (Wildman–Crippen MR) is 244 cm³/mol. The van der Waals surface area contributed by atoms with Crippen molar-refractivity contribution in [1.82, 2.24) is 0 Å². The van der Waals surface area contributed by atoms with Crippen molar-refractivity contribution >= 4 is 18.6 Å². The molecule has 0 spiro atoms. The number of benzene rings is 2. The van der Waals surface area contributed by atoms with Gasteiger partial charge in [-0.2, -0.15) is 0 Å². The molecule has 0 heterocycles. The molecule has 0 aliphatic heterocycles. The molecular weight excluding hydrogens is 769 g/mol. The summed E-state index contributed by atoms with van der Waals surface area (Å²) in [4.78, 5) is 18.8. The molecule has 2 aromatic carbocycles. The Balaban J connectivity index is 0.00000516. The smallest absolute Gasteiger partial charge is 0.503 e. The molecule has 0 amide bonds. The summed E-state index contributed by atoms with van der Waals surface area (Å²) in [5, 5.41) is 36.6. The summed E-state index contributed by atoms with van der Waals surface area (Å²) >= 11 is 0. The second-order valence-electron chi connectivity index (χ2n) is 17.0. The molecule has 8 nitrogen and oxygen atoms in total. The topological polar surface area (TPSA) is 123 Å². The zero-order chi connectivity index (χ0) is 41.5. The third-order valence-corrected chi connectivity index (χ3v) is 11.6. The first-order valence-corrected chi connectivity index (χ1v) is 22.4. The van der Waals surface area contributed by atoms with Gasteiger partial charge in [0.1, 0.15) is 11.5 Å². The molecule has 3 rings (SSSR count). The van der Waals surface area contributed by atoms with E-state index in [-0.39, 0.29) is 48.1 Å². The molecule has 2 aromatic rings. The molecule has 58 heavy (non-hydrogen) atoms. The van der Waals surface area contributed by atoms with Gasteiger partial charge in [-0.1, -0.05) is 120 Å². The third-order valence-electron chi connectivity index (χ3n) is 11.6. The number of quaternary nitrogens is 1. The van der Waals surface area contributed by atoms with Crippen LogP contribution in [0.4, 0.5) is 4.79 Å². The minimum absolute atomic E-state index is 0. The van der Waals surface area contributed by atoms with E-state index in [1.165, 1.54) is 112 Å². The van der Waals surface area contributed by atoms with Gasteiger partial charge in [0.15, 0.2) is 0 Å². The van der Waals surface area contributed by atoms with Crippen LogP contribution in [0, 0.1) is 0 Å². The molecule has 1 saturated carbocycles. The van der Waals surface area contributed by atoms with Crippen molar-refractivity contribution in [2.24, 2.45) is 9.98 Å². The van der Waals surface area contributed by atoms with Crippen LogP contribution in [0.5, 0.6) is 11.5 Å². The second-order valence-corrected chi connectivity index (χ2v) is 17.0. The average Bonchev–Trinajstić information content (AvgIpc) is 3.16. The zero-order valence-corrected chi connectivity index (χ0v) is 38.0. The molecule has 1 aliphatic carbocycles. The van der Waals surface area contributed by atoms with Crippen molar-refractivity contribution in [3.63, 3.8) is 0 Å². The maximum atomic E-state index is 11.4. The van der Waals surface area contributed by atoms with E-state index in [4.69, 9.17) is 25.0 Å². The van der Waals surface area contributed by atoms with Gasteiger partial charge in [-0.15, -0.1) is 0 Å². The van der Waals surface area contributed by atoms with E-state index >= 15 is 0 Å². The van der Waals surface area contributed by atoms with E-state index in [2.05, 4.69) is 79.7 Å². The van der Waals surface area contributed by atoms with Crippen molar-refractivity contribution in [1.29, 1.82) is 0 Å². The van der Waals surface area contributed by atoms with Gasteiger partial charge in [-0.3, -0.25) is 9.98 Å². The first-order valence-electron chi connectivity index (χ1n) is 22.4. The fourth-order valence-corrected chi connectivity index (χ4v) is 8.15. The summed E-state index contributed by atoms with van der Waals surface area (Å²) in [6.07, 6.45) is 22.2. The molecule has 1 aliphatic rings. The number of hydrogen-bond donors (Lipinski definition) is 4. The fraction of sp³-hybridized carbons (Fsp3) is 0.694. The van der Waals surface area contributed by atoms with Crippen LogP contribution >= 0.6 is 0 Å². The average molecular weight is 854 g/mol. The Morgan fingerprint density at radius 1 is 0.638 bits per heavy atom. The van der Waals surface area contributed by atoms with Crippen LogP contribution in [0.15, 0.2) is 34.3 Å². The second kappa shape index (κ2) is 30.2. The zero-order valence-electron chi connectivity index (χ0n) is 37.0. The maximum absolute atomic E-state index is 11.4. The van der Waals surface area contributed by atoms with Crippen LogP contribution in [0.2, 0.25) is 0 Å². The van der Waals surface area contributed by atoms with Crippen LogP contribution in [-0.2, 0) is 29.6 Å². The van der Waals surface area contributed by atoms with E-state index in [9.17, 15) is 10.2 Å². The number of phenolic OH excluding ortho intramolecular Hbond substituents is 2. The Bertz CT molecular complexity index is 1470. The van der Waals surface area contributed by atoms with Gasteiger partial charge >= 0.3 is 6.16 Å². The first-order chi connectivity index (χ1) is 26.8. The van der Waals surface area contributed by atoms with E-state index in [1.807, 2.05) is 12.4 Å². The van der Waals surface area contributed by atoms with Gasteiger partial charge in [-0.05, 0) is 110 Å². The number of rotatable bonds is 24. The van der Waals surface area contributed by atoms with Crippen LogP contribution in [0.25, 0.3) is 0 Å². The van der Waals surface area contributed by atoms with Crippen LogP contribution in [0.3, 0.4) is 0 Å². The summed E-state index contributed by atoms with van der Waals surface area (Å²) in [6, 6.07) is 8.89. The number of nitrogens with zero attached hydrogens (tertiary/aromatic N) is 3. The SMILES string of the molecule is C.CCCCCc1cc(C=NC2CCCCC2N=Cc2cc(CCCC[N+](CCCC)(CCCC)CCCC)cc(C(C)C)c2O)c(O)c(C(C)C)c1.O=C(O)O.[Co]. The largest absolute Gasteiger partial charge is 0.507 e. The molecular formula is C49H84CoN3O5+. The summed E-state index contributed by atoms with van der Waals surface area (Å²) in [7, 11) is 0. The van der Waals surface area contributed by atoms with E-state index in [1.54, 1.807) is 0 Å². The molecule has 0 saturated heterocycles. The summed E-state index contributed by atoms with van der Waals surface area (Å²) in [5.41, 5.74) is 6.29. The van der Waals surface area contributed by atoms with Gasteiger partial charge in [0.25, 0.3) is 0 Å². The quantitative estimate of drug-likeness (QED) is 0.0476. The molecule has 1 fully saturated rings. The van der Waals surface area contributed by atoms with Crippen molar-refractivity contribution in [2.75, 3.05) is 26.2 Å². The number of hydrogen-bond acceptors (Lipinski definition) is 5. The molecule has 9 heteroatoms. The standard InChI is InChI=1S/C47H77N3O2.CH2O3.CH4.Co/c1-9-13-17-22-38-30-40(46(51)42(32-38)36(5)6)34-48-44-24-18-19-25-45(44)49-35-41-31-39(33-43(37(7)8)47(41)52)23-20-21-29-50(26-14-10-2,27-15-11-3)28-16-12-4;2-1(3)4;;/h30-37,44-45H,9-29H2,1-8H3,(H-,48,49,51,52);(H2,2,3,4);1H4;/p+1. The number of carbonyl (C=O) groups is 1. The summed E-state index contributed by atoms with van der Waals surface area (Å²) < 4.78 is 1.30. The normalized spacial score (nSPS) is 15.7. The van der Waals surface area contributed by atoms with Crippen LogP contribution in [0.1, 0.15) is 204 Å². The molecule has 333 valence electrons. The summed E-state index contributed by atoms with van der Waals surface area (Å²) in [5.74, 6) is 1.23. The van der Waals surface area contributed by atoms with Crippen molar-refractivity contribution in [3.05, 3.63) is 57.6 Å². The first kappa shape index (κ1) is 55.1. The van der Waals surface area contributed by atoms with E-state index in [0.717, 1.165) is 60.8 Å². The minimum atomic E-state index is -1.83. The molecule has 2 atom stereocenters. The molecule has 2 unspecified atom stereocenters. The van der Waals surface area contributed by atoms with E-state index in [0.29, 0.717) is 11.5 Å². The van der Waals surface area contributed by atoms with Gasteiger partial charge in [-0.25, -0.2) is 4.79 Å². The molecule has 0 bridgehead atoms. The van der Waals surface area contributed by atoms with Crippen molar-refractivity contribution < 1.29 is 46.5 Å². The number of aromatic hydroxyl groups is 2. The predicted octanol–water partition coefficient (Wildman–Crippen LogP) is 13.3. The van der Waals surface area contributed by atoms with Gasteiger partial charge < -0.3 is 24.9 Å². The minimum Gasteiger partial charge on any atom is -0.507 e. The Labute approximate surface area is 364 Å². The maximum Gasteiger partial charge on any atom is 0.503 e. The number of aryl methyl sites for hydroxylation is 2. The van der Waals surface area contributed by atoms with Crippen LogP contribution in [-0.4, -0.2) is 81.8 Å². The van der Waals surface area contributed by atoms with E-state index < -0.39 is 6.16 Å². The van der Waals surface area contributed by atoms with Gasteiger partial charge in [0.05, 0.1) is 38.3 Å². The Hall–Kier alpha value is -2.88. The number of carboxylic acid groups (broad SMARTS) is 2. The Morgan fingerprint density at radius 2 is 0.983 bits per heavy atom. The molecule has 4 N–H and O–H groups in total. The van der Waals surface area contributed by atoms with Gasteiger partial charge in [0, 0.05) is 40.3 Å². The Morgan fingerprint density at radius 3 is 1.33 bits per heavy atom. The number of unbranched alkanes of at least 4 members (excludes halogenated alkanes) is 6. The fourth-order valence-electron chi connectivity index (χ4n) is 8.15. The number of phenols is 2. The number of aliphatic imine (C=N–C) groups is 2.